The minimum Gasteiger partial charge on any atom is -0.494 e. The van der Waals surface area contributed by atoms with Gasteiger partial charge in [-0.05, 0) is 74.2 Å². The Hall–Kier alpha value is -2.12. The lowest BCUT2D eigenvalue weighted by atomic mass is 9.76. The zero-order valence-corrected chi connectivity index (χ0v) is 19.7. The Morgan fingerprint density at radius 3 is 2.59 bits per heavy atom. The first-order chi connectivity index (χ1) is 15.6. The number of likely N-dealkylation sites (tertiary alicyclic amines) is 1. The highest BCUT2D eigenvalue weighted by molar-refractivity contribution is 9.10. The molecule has 0 radical (unpaired) electrons. The number of halogens is 2. The maximum Gasteiger partial charge on any atom is 0.411 e. The Bertz CT molecular complexity index is 878. The number of amides is 1. The maximum absolute atomic E-state index is 13.0. The molecular formula is C25H30BrFN2O3. The van der Waals surface area contributed by atoms with Crippen molar-refractivity contribution in [2.75, 3.05) is 25.0 Å². The van der Waals surface area contributed by atoms with Gasteiger partial charge in [-0.15, -0.1) is 0 Å². The van der Waals surface area contributed by atoms with Crippen molar-refractivity contribution < 1.29 is 18.7 Å². The number of carbonyl (C=O) groups is 1. The molecule has 2 aliphatic rings. The van der Waals surface area contributed by atoms with Gasteiger partial charge in [0.15, 0.2) is 0 Å². The molecule has 0 spiro atoms. The smallest absolute Gasteiger partial charge is 0.411 e. The summed E-state index contributed by atoms with van der Waals surface area (Å²) in [5, 5.41) is 2.85. The highest BCUT2D eigenvalue weighted by atomic mass is 79.9. The van der Waals surface area contributed by atoms with E-state index in [0.29, 0.717) is 24.3 Å². The molecule has 32 heavy (non-hydrogen) atoms. The van der Waals surface area contributed by atoms with E-state index >= 15 is 0 Å². The zero-order chi connectivity index (χ0) is 22.3. The monoisotopic (exact) mass is 504 g/mol. The molecule has 2 aromatic carbocycles. The SMILES string of the molecule is O=C(Nc1ccc(Br)cc1)OC1CCN(CCCOc2ccc(F)cc2)C2CCCCC12. The van der Waals surface area contributed by atoms with Gasteiger partial charge in [0.05, 0.1) is 6.61 Å². The molecule has 5 nitrogen and oxygen atoms in total. The standard InChI is InChI=1S/C25H30BrFN2O3/c26-18-6-10-20(11-7-18)28-25(30)32-24-14-16-29(23-5-2-1-4-22(23)24)15-3-17-31-21-12-8-19(27)9-13-21/h6-13,22-24H,1-5,14-17H2,(H,28,30). The Morgan fingerprint density at radius 1 is 1.06 bits per heavy atom. The third-order valence-corrected chi connectivity index (χ3v) is 6.98. The summed E-state index contributed by atoms with van der Waals surface area (Å²) in [4.78, 5) is 15.0. The number of anilines is 1. The summed E-state index contributed by atoms with van der Waals surface area (Å²) in [7, 11) is 0. The fourth-order valence-electron chi connectivity index (χ4n) is 4.93. The van der Waals surface area contributed by atoms with Crippen molar-refractivity contribution in [1.29, 1.82) is 0 Å². The van der Waals surface area contributed by atoms with E-state index in [9.17, 15) is 9.18 Å². The summed E-state index contributed by atoms with van der Waals surface area (Å²) in [5.41, 5.74) is 0.733. The minimum atomic E-state index is -0.372. The number of carbonyl (C=O) groups excluding carboxylic acids is 1. The molecule has 3 atom stereocenters. The van der Waals surface area contributed by atoms with E-state index in [-0.39, 0.29) is 18.0 Å². The summed E-state index contributed by atoms with van der Waals surface area (Å²) < 4.78 is 25.6. The molecule has 1 saturated carbocycles. The molecule has 7 heteroatoms. The number of piperidine rings is 1. The first kappa shape index (κ1) is 23.1. The number of hydrogen-bond acceptors (Lipinski definition) is 4. The Morgan fingerprint density at radius 2 is 1.81 bits per heavy atom. The van der Waals surface area contributed by atoms with Crippen LogP contribution in [0.5, 0.6) is 5.75 Å². The highest BCUT2D eigenvalue weighted by Crippen LogP contribution is 2.37. The van der Waals surface area contributed by atoms with Crippen LogP contribution in [0.2, 0.25) is 0 Å². The fraction of sp³-hybridized carbons (Fsp3) is 0.480. The van der Waals surface area contributed by atoms with E-state index in [1.165, 1.54) is 25.0 Å². The summed E-state index contributed by atoms with van der Waals surface area (Å²) in [6.07, 6.45) is 6.02. The molecule has 1 aliphatic heterocycles. The number of benzene rings is 2. The van der Waals surface area contributed by atoms with E-state index in [2.05, 4.69) is 26.1 Å². The van der Waals surface area contributed by atoms with Crippen molar-refractivity contribution in [3.05, 3.63) is 58.8 Å². The Balaban J connectivity index is 1.26. The van der Waals surface area contributed by atoms with Crippen LogP contribution >= 0.6 is 15.9 Å². The average molecular weight is 505 g/mol. The van der Waals surface area contributed by atoms with E-state index in [1.807, 2.05) is 24.3 Å². The highest BCUT2D eigenvalue weighted by Gasteiger charge is 2.40. The Kier molecular flexibility index (Phi) is 8.03. The predicted octanol–water partition coefficient (Wildman–Crippen LogP) is 6.24. The lowest BCUT2D eigenvalue weighted by molar-refractivity contribution is -0.0411. The first-order valence-electron chi connectivity index (χ1n) is 11.4. The van der Waals surface area contributed by atoms with Gasteiger partial charge in [-0.25, -0.2) is 9.18 Å². The van der Waals surface area contributed by atoms with Crippen LogP contribution in [0.1, 0.15) is 38.5 Å². The zero-order valence-electron chi connectivity index (χ0n) is 18.1. The number of nitrogens with zero attached hydrogens (tertiary/aromatic N) is 1. The Labute approximate surface area is 197 Å². The molecule has 0 bridgehead atoms. The quantitative estimate of drug-likeness (QED) is 0.453. The fourth-order valence-corrected chi connectivity index (χ4v) is 5.19. The molecular weight excluding hydrogens is 475 g/mol. The van der Waals surface area contributed by atoms with E-state index in [0.717, 1.165) is 48.9 Å². The molecule has 1 aliphatic carbocycles. The second-order valence-electron chi connectivity index (χ2n) is 8.57. The van der Waals surface area contributed by atoms with Crippen molar-refractivity contribution in [2.45, 2.75) is 50.7 Å². The van der Waals surface area contributed by atoms with E-state index in [4.69, 9.17) is 9.47 Å². The molecule has 1 amide bonds. The van der Waals surface area contributed by atoms with Gasteiger partial charge in [-0.1, -0.05) is 28.8 Å². The van der Waals surface area contributed by atoms with Gasteiger partial charge in [0.1, 0.15) is 17.7 Å². The van der Waals surface area contributed by atoms with Crippen LogP contribution in [0.4, 0.5) is 14.9 Å². The molecule has 1 heterocycles. The summed E-state index contributed by atoms with van der Waals surface area (Å²) >= 11 is 3.40. The molecule has 2 aromatic rings. The van der Waals surface area contributed by atoms with E-state index in [1.54, 1.807) is 12.1 Å². The largest absolute Gasteiger partial charge is 0.494 e. The van der Waals surface area contributed by atoms with Crippen LogP contribution in [-0.2, 0) is 4.74 Å². The maximum atomic E-state index is 13.0. The molecule has 2 fully saturated rings. The van der Waals surface area contributed by atoms with Gasteiger partial charge in [0, 0.05) is 35.2 Å². The number of rotatable bonds is 7. The lowest BCUT2D eigenvalue weighted by Gasteiger charge is -2.47. The molecule has 172 valence electrons. The minimum absolute atomic E-state index is 0.0394. The molecule has 1 N–H and O–H groups in total. The molecule has 3 unspecified atom stereocenters. The van der Waals surface area contributed by atoms with Crippen molar-refractivity contribution in [1.82, 2.24) is 4.90 Å². The van der Waals surface area contributed by atoms with Crippen molar-refractivity contribution in [2.24, 2.45) is 5.92 Å². The first-order valence-corrected chi connectivity index (χ1v) is 12.2. The lowest BCUT2D eigenvalue weighted by Crippen LogP contribution is -2.54. The van der Waals surface area contributed by atoms with Crippen LogP contribution in [-0.4, -0.2) is 42.8 Å². The van der Waals surface area contributed by atoms with Crippen molar-refractivity contribution >= 4 is 27.7 Å². The number of ether oxygens (including phenoxy) is 2. The summed E-state index contributed by atoms with van der Waals surface area (Å²) in [5.74, 6) is 0.827. The molecule has 0 aromatic heterocycles. The van der Waals surface area contributed by atoms with Crippen LogP contribution in [0, 0.1) is 11.7 Å². The van der Waals surface area contributed by atoms with Gasteiger partial charge in [0.25, 0.3) is 0 Å². The third-order valence-electron chi connectivity index (χ3n) is 6.45. The number of fused-ring (bicyclic) bond motifs is 1. The normalized spacial score (nSPS) is 23.2. The van der Waals surface area contributed by atoms with Gasteiger partial charge in [-0.3, -0.25) is 10.2 Å². The average Bonchev–Trinajstić information content (AvgIpc) is 2.80. The summed E-state index contributed by atoms with van der Waals surface area (Å²) in [6.45, 7) is 2.49. The van der Waals surface area contributed by atoms with Crippen LogP contribution < -0.4 is 10.1 Å². The topological polar surface area (TPSA) is 50.8 Å². The van der Waals surface area contributed by atoms with Crippen LogP contribution in [0.25, 0.3) is 0 Å². The number of hydrogen-bond donors (Lipinski definition) is 1. The molecule has 1 saturated heterocycles. The third kappa shape index (κ3) is 6.23. The van der Waals surface area contributed by atoms with Gasteiger partial charge in [0.2, 0.25) is 0 Å². The second-order valence-corrected chi connectivity index (χ2v) is 9.49. The van der Waals surface area contributed by atoms with Gasteiger partial charge in [-0.2, -0.15) is 0 Å². The number of nitrogens with one attached hydrogen (secondary N) is 1. The van der Waals surface area contributed by atoms with Gasteiger partial charge >= 0.3 is 6.09 Å². The van der Waals surface area contributed by atoms with Crippen LogP contribution in [0.15, 0.2) is 53.0 Å². The second kappa shape index (κ2) is 11.1. The van der Waals surface area contributed by atoms with Crippen LogP contribution in [0.3, 0.4) is 0 Å². The van der Waals surface area contributed by atoms with Gasteiger partial charge < -0.3 is 9.47 Å². The van der Waals surface area contributed by atoms with Crippen molar-refractivity contribution in [3.63, 3.8) is 0 Å². The molecule has 4 rings (SSSR count). The predicted molar refractivity (Wildman–Crippen MR) is 126 cm³/mol. The van der Waals surface area contributed by atoms with E-state index < -0.39 is 0 Å². The summed E-state index contributed by atoms with van der Waals surface area (Å²) in [6, 6.07) is 14.1. The van der Waals surface area contributed by atoms with Crippen molar-refractivity contribution in [3.8, 4) is 5.75 Å².